The number of fused-ring (bicyclic) bond motifs is 1. The minimum atomic E-state index is 0.573. The minimum Gasteiger partial charge on any atom is -0.364 e. The number of aryl methyl sites for hydroxylation is 2. The van der Waals surface area contributed by atoms with Crippen molar-refractivity contribution >= 4 is 28.2 Å². The number of hydrogen-bond acceptors (Lipinski definition) is 8. The molecule has 0 fully saturated rings. The molecule has 0 radical (unpaired) electrons. The molecule has 0 spiro atoms. The highest BCUT2D eigenvalue weighted by molar-refractivity contribution is 7.13. The smallest absolute Gasteiger partial charge is 0.163 e. The third-order valence-electron chi connectivity index (χ3n) is 3.88. The first-order chi connectivity index (χ1) is 12.7. The van der Waals surface area contributed by atoms with Gasteiger partial charge in [-0.2, -0.15) is 5.10 Å². The third-order valence-corrected chi connectivity index (χ3v) is 4.80. The van der Waals surface area contributed by atoms with Gasteiger partial charge in [0.1, 0.15) is 22.3 Å². The SMILES string of the molecule is CCCc1nc(NCc2csc(-c3cnccn3)n2)c2cnn(C)c2n1. The van der Waals surface area contributed by atoms with Crippen LogP contribution >= 0.6 is 11.3 Å². The Morgan fingerprint density at radius 3 is 2.88 bits per heavy atom. The summed E-state index contributed by atoms with van der Waals surface area (Å²) < 4.78 is 1.77. The molecule has 0 amide bonds. The summed E-state index contributed by atoms with van der Waals surface area (Å²) in [6, 6.07) is 0. The van der Waals surface area contributed by atoms with Crippen molar-refractivity contribution in [3.63, 3.8) is 0 Å². The molecule has 0 bridgehead atoms. The average Bonchev–Trinajstić information content (AvgIpc) is 3.28. The fourth-order valence-electron chi connectivity index (χ4n) is 2.63. The first-order valence-corrected chi connectivity index (χ1v) is 9.26. The number of thiazole rings is 1. The number of nitrogens with one attached hydrogen (secondary N) is 1. The topological polar surface area (TPSA) is 94.3 Å². The molecular weight excluding hydrogens is 348 g/mol. The molecule has 26 heavy (non-hydrogen) atoms. The highest BCUT2D eigenvalue weighted by Gasteiger charge is 2.12. The van der Waals surface area contributed by atoms with Crippen LogP contribution in [0.3, 0.4) is 0 Å². The van der Waals surface area contributed by atoms with E-state index in [1.54, 1.807) is 40.8 Å². The van der Waals surface area contributed by atoms with Crippen LogP contribution in [0.1, 0.15) is 24.9 Å². The van der Waals surface area contributed by atoms with Crippen LogP contribution in [-0.2, 0) is 20.0 Å². The van der Waals surface area contributed by atoms with Crippen LogP contribution in [0.25, 0.3) is 21.7 Å². The maximum Gasteiger partial charge on any atom is 0.163 e. The first kappa shape index (κ1) is 16.5. The molecule has 0 saturated heterocycles. The minimum absolute atomic E-state index is 0.573. The Labute approximate surface area is 154 Å². The second-order valence-electron chi connectivity index (χ2n) is 5.83. The van der Waals surface area contributed by atoms with Crippen molar-refractivity contribution in [2.24, 2.45) is 7.05 Å². The normalized spacial score (nSPS) is 11.2. The molecule has 0 aliphatic carbocycles. The molecule has 4 rings (SSSR count). The molecule has 4 aromatic rings. The fraction of sp³-hybridized carbons (Fsp3) is 0.294. The van der Waals surface area contributed by atoms with E-state index >= 15 is 0 Å². The summed E-state index contributed by atoms with van der Waals surface area (Å²) in [6.07, 6.45) is 8.67. The molecule has 4 heterocycles. The largest absolute Gasteiger partial charge is 0.364 e. The summed E-state index contributed by atoms with van der Waals surface area (Å²) in [5.41, 5.74) is 2.55. The van der Waals surface area contributed by atoms with E-state index in [2.05, 4.69) is 42.3 Å². The highest BCUT2D eigenvalue weighted by atomic mass is 32.1. The maximum absolute atomic E-state index is 4.66. The van der Waals surface area contributed by atoms with E-state index < -0.39 is 0 Å². The molecule has 9 heteroatoms. The van der Waals surface area contributed by atoms with E-state index in [1.807, 2.05) is 12.4 Å². The van der Waals surface area contributed by atoms with Gasteiger partial charge >= 0.3 is 0 Å². The van der Waals surface area contributed by atoms with Gasteiger partial charge in [-0.3, -0.25) is 14.6 Å². The Bertz CT molecular complexity index is 1020. The number of nitrogens with zero attached hydrogens (tertiary/aromatic N) is 7. The number of hydrogen-bond donors (Lipinski definition) is 1. The lowest BCUT2D eigenvalue weighted by molar-refractivity contribution is 0.772. The Hall–Kier alpha value is -2.94. The van der Waals surface area contributed by atoms with Crippen molar-refractivity contribution in [3.8, 4) is 10.7 Å². The lowest BCUT2D eigenvalue weighted by atomic mass is 10.3. The summed E-state index contributed by atoms with van der Waals surface area (Å²) in [7, 11) is 1.89. The Morgan fingerprint density at radius 2 is 2.08 bits per heavy atom. The molecule has 0 saturated carbocycles. The molecule has 0 aliphatic rings. The summed E-state index contributed by atoms with van der Waals surface area (Å²) in [4.78, 5) is 22.3. The van der Waals surface area contributed by atoms with Gasteiger partial charge < -0.3 is 5.32 Å². The standard InChI is InChI=1S/C17H18N8S/c1-3-4-14-23-15(12-8-21-25(2)16(12)24-14)20-7-11-10-26-17(22-11)13-9-18-5-6-19-13/h5-6,8-10H,3-4,7H2,1-2H3,(H,20,23,24). The van der Waals surface area contributed by atoms with Gasteiger partial charge in [-0.05, 0) is 6.42 Å². The van der Waals surface area contributed by atoms with Gasteiger partial charge in [0.05, 0.1) is 30.0 Å². The van der Waals surface area contributed by atoms with Crippen LogP contribution in [0, 0.1) is 0 Å². The van der Waals surface area contributed by atoms with Crippen molar-refractivity contribution in [3.05, 3.63) is 41.7 Å². The second-order valence-corrected chi connectivity index (χ2v) is 6.69. The van der Waals surface area contributed by atoms with Crippen LogP contribution in [0.15, 0.2) is 30.2 Å². The lowest BCUT2D eigenvalue weighted by Crippen LogP contribution is -2.06. The Balaban J connectivity index is 1.57. The third kappa shape index (κ3) is 3.25. The van der Waals surface area contributed by atoms with Crippen LogP contribution in [-0.4, -0.2) is 34.7 Å². The van der Waals surface area contributed by atoms with Crippen LogP contribution in [0.5, 0.6) is 0 Å². The van der Waals surface area contributed by atoms with Crippen LogP contribution in [0.2, 0.25) is 0 Å². The van der Waals surface area contributed by atoms with Gasteiger partial charge in [0.15, 0.2) is 5.65 Å². The van der Waals surface area contributed by atoms with Crippen molar-refractivity contribution in [2.75, 3.05) is 5.32 Å². The van der Waals surface area contributed by atoms with Crippen molar-refractivity contribution < 1.29 is 0 Å². The molecule has 4 aromatic heterocycles. The van der Waals surface area contributed by atoms with Gasteiger partial charge in [0, 0.05) is 31.2 Å². The van der Waals surface area contributed by atoms with Gasteiger partial charge in [-0.25, -0.2) is 15.0 Å². The number of rotatable bonds is 6. The van der Waals surface area contributed by atoms with Crippen molar-refractivity contribution in [1.29, 1.82) is 0 Å². The van der Waals surface area contributed by atoms with Gasteiger partial charge in [0.2, 0.25) is 0 Å². The zero-order valence-corrected chi connectivity index (χ0v) is 15.4. The summed E-state index contributed by atoms with van der Waals surface area (Å²) in [6.45, 7) is 2.69. The van der Waals surface area contributed by atoms with Gasteiger partial charge in [0.25, 0.3) is 0 Å². The van der Waals surface area contributed by atoms with Gasteiger partial charge in [-0.15, -0.1) is 11.3 Å². The van der Waals surface area contributed by atoms with E-state index in [0.29, 0.717) is 6.54 Å². The predicted molar refractivity (Wildman–Crippen MR) is 101 cm³/mol. The van der Waals surface area contributed by atoms with E-state index in [9.17, 15) is 0 Å². The number of anilines is 1. The van der Waals surface area contributed by atoms with Crippen LogP contribution < -0.4 is 5.32 Å². The molecule has 0 atom stereocenters. The van der Waals surface area contributed by atoms with E-state index in [-0.39, 0.29) is 0 Å². The molecular formula is C17H18N8S. The summed E-state index contributed by atoms with van der Waals surface area (Å²) in [5.74, 6) is 1.62. The molecule has 0 aliphatic heterocycles. The maximum atomic E-state index is 4.66. The molecule has 1 N–H and O–H groups in total. The molecule has 0 aromatic carbocycles. The van der Waals surface area contributed by atoms with Gasteiger partial charge in [-0.1, -0.05) is 6.92 Å². The van der Waals surface area contributed by atoms with Crippen LogP contribution in [0.4, 0.5) is 5.82 Å². The zero-order chi connectivity index (χ0) is 17.9. The monoisotopic (exact) mass is 366 g/mol. The van der Waals surface area contributed by atoms with E-state index in [0.717, 1.165) is 51.9 Å². The fourth-order valence-corrected chi connectivity index (χ4v) is 3.41. The van der Waals surface area contributed by atoms with E-state index in [1.165, 1.54) is 0 Å². The average molecular weight is 366 g/mol. The quantitative estimate of drug-likeness (QED) is 0.561. The second kappa shape index (κ2) is 7.12. The van der Waals surface area contributed by atoms with Crippen molar-refractivity contribution in [2.45, 2.75) is 26.3 Å². The van der Waals surface area contributed by atoms with E-state index in [4.69, 9.17) is 0 Å². The summed E-state index contributed by atoms with van der Waals surface area (Å²) in [5, 5.41) is 11.5. The highest BCUT2D eigenvalue weighted by Crippen LogP contribution is 2.23. The molecule has 132 valence electrons. The Morgan fingerprint density at radius 1 is 1.15 bits per heavy atom. The lowest BCUT2D eigenvalue weighted by Gasteiger charge is -2.07. The predicted octanol–water partition coefficient (Wildman–Crippen LogP) is 2.84. The molecule has 8 nitrogen and oxygen atoms in total. The number of aromatic nitrogens is 7. The summed E-state index contributed by atoms with van der Waals surface area (Å²) >= 11 is 1.55. The molecule has 0 unspecified atom stereocenters. The zero-order valence-electron chi connectivity index (χ0n) is 14.5. The Kier molecular flexibility index (Phi) is 4.53. The van der Waals surface area contributed by atoms with Crippen molar-refractivity contribution in [1.82, 2.24) is 34.7 Å². The first-order valence-electron chi connectivity index (χ1n) is 8.38.